The molecule has 0 bridgehead atoms. The summed E-state index contributed by atoms with van der Waals surface area (Å²) >= 11 is 0. The molecular weight excluding hydrogens is 492 g/mol. The van der Waals surface area contributed by atoms with E-state index in [1.165, 1.54) is 0 Å². The first kappa shape index (κ1) is 26.6. The number of aromatic nitrogens is 6. The number of amides is 1. The van der Waals surface area contributed by atoms with Crippen LogP contribution in [-0.4, -0.2) is 61.8 Å². The average Bonchev–Trinajstić information content (AvgIpc) is 3.49. The van der Waals surface area contributed by atoms with E-state index in [4.69, 9.17) is 14.7 Å². The van der Waals surface area contributed by atoms with Gasteiger partial charge in [0.15, 0.2) is 5.82 Å². The Morgan fingerprint density at radius 3 is 2.64 bits per heavy atom. The molecule has 2 N–H and O–H groups in total. The van der Waals surface area contributed by atoms with Crippen LogP contribution >= 0.6 is 0 Å². The Balaban J connectivity index is 1.40. The number of imidazole rings is 1. The molecule has 10 heteroatoms. The monoisotopic (exact) mass is 528 g/mol. The van der Waals surface area contributed by atoms with Crippen molar-refractivity contribution in [3.8, 4) is 11.4 Å². The molecular formula is C29H36N8O2. The molecule has 3 aromatic heterocycles. The van der Waals surface area contributed by atoms with Crippen molar-refractivity contribution in [1.82, 2.24) is 34.4 Å². The number of ether oxygens (including phenoxy) is 1. The van der Waals surface area contributed by atoms with Gasteiger partial charge in [-0.05, 0) is 56.0 Å². The molecule has 0 saturated heterocycles. The van der Waals surface area contributed by atoms with Gasteiger partial charge >= 0.3 is 0 Å². The Morgan fingerprint density at radius 2 is 1.82 bits per heavy atom. The van der Waals surface area contributed by atoms with Crippen LogP contribution in [0.3, 0.4) is 0 Å². The molecule has 0 saturated carbocycles. The predicted molar refractivity (Wildman–Crippen MR) is 154 cm³/mol. The van der Waals surface area contributed by atoms with Gasteiger partial charge in [-0.15, -0.1) is 10.2 Å². The highest BCUT2D eigenvalue weighted by atomic mass is 16.5. The third kappa shape index (κ3) is 5.70. The molecule has 204 valence electrons. The van der Waals surface area contributed by atoms with Crippen molar-refractivity contribution >= 4 is 39.4 Å². The normalized spacial score (nSPS) is 11.7. The number of methoxy groups -OCH3 is 1. The van der Waals surface area contributed by atoms with E-state index in [1.807, 2.05) is 43.4 Å². The van der Waals surface area contributed by atoms with Crippen molar-refractivity contribution in [3.05, 3.63) is 48.3 Å². The van der Waals surface area contributed by atoms with E-state index in [0.29, 0.717) is 50.0 Å². The summed E-state index contributed by atoms with van der Waals surface area (Å²) in [6.07, 6.45) is 2.34. The third-order valence-electron chi connectivity index (χ3n) is 6.73. The second kappa shape index (κ2) is 11.8. The molecule has 0 atom stereocenters. The maximum absolute atomic E-state index is 11.9. The Morgan fingerprint density at radius 1 is 1.00 bits per heavy atom. The number of benzene rings is 2. The number of unbranched alkanes of at least 4 members (excludes halogenated alkanes) is 1. The highest BCUT2D eigenvalue weighted by Crippen LogP contribution is 2.29. The molecule has 0 aliphatic heterocycles. The summed E-state index contributed by atoms with van der Waals surface area (Å²) in [5, 5.41) is 15.2. The van der Waals surface area contributed by atoms with E-state index in [1.54, 1.807) is 7.11 Å². The summed E-state index contributed by atoms with van der Waals surface area (Å²) in [4.78, 5) is 21.8. The van der Waals surface area contributed by atoms with E-state index in [2.05, 4.69) is 49.7 Å². The van der Waals surface area contributed by atoms with Crippen LogP contribution in [0.2, 0.25) is 0 Å². The van der Waals surface area contributed by atoms with Crippen LogP contribution in [-0.2, 0) is 16.1 Å². The van der Waals surface area contributed by atoms with Gasteiger partial charge in [-0.3, -0.25) is 9.20 Å². The molecule has 5 rings (SSSR count). The van der Waals surface area contributed by atoms with Crippen molar-refractivity contribution < 1.29 is 9.53 Å². The highest BCUT2D eigenvalue weighted by molar-refractivity contribution is 5.88. The number of nitrogens with one attached hydrogen (secondary N) is 2. The number of carbonyl (C=O) groups excluding carboxylic acids is 1. The molecule has 3 heterocycles. The van der Waals surface area contributed by atoms with Crippen molar-refractivity contribution in [3.63, 3.8) is 0 Å². The zero-order chi connectivity index (χ0) is 27.4. The first-order chi connectivity index (χ1) is 19.0. The lowest BCUT2D eigenvalue weighted by molar-refractivity contribution is -0.121. The van der Waals surface area contributed by atoms with Crippen molar-refractivity contribution in [2.45, 2.75) is 46.6 Å². The largest absolute Gasteiger partial charge is 0.383 e. The Kier molecular flexibility index (Phi) is 8.02. The fraction of sp³-hybridized carbons (Fsp3) is 0.414. The Labute approximate surface area is 227 Å². The minimum Gasteiger partial charge on any atom is -0.383 e. The Hall–Kier alpha value is -4.05. The number of hydrogen-bond donors (Lipinski definition) is 2. The molecule has 0 aliphatic rings. The number of nitrogens with zero attached hydrogens (tertiary/aromatic N) is 6. The lowest BCUT2D eigenvalue weighted by Gasteiger charge is -2.12. The quantitative estimate of drug-likeness (QED) is 0.228. The number of aryl methyl sites for hydroxylation is 1. The zero-order valence-electron chi connectivity index (χ0n) is 23.1. The number of para-hydroxylation sites is 2. The summed E-state index contributed by atoms with van der Waals surface area (Å²) in [5.74, 6) is 2.85. The van der Waals surface area contributed by atoms with Crippen LogP contribution in [0.1, 0.15) is 38.9 Å². The number of hydrogen-bond acceptors (Lipinski definition) is 7. The standard InChI is InChI=1S/C29H36N8O2/c1-19(2)17-26(38)30-13-7-8-14-31-27-29-35-34-20(3)37(29)25-12-11-21(18-23(25)32-27)28-33-22-9-5-6-10-24(22)36(28)15-16-39-4/h5-6,9-12,18-19H,7-8,13-17H2,1-4H3,(H,30,38)(H,31,32). The molecule has 5 aromatic rings. The van der Waals surface area contributed by atoms with Crippen LogP contribution in [0.5, 0.6) is 0 Å². The number of carbonyl (C=O) groups is 1. The van der Waals surface area contributed by atoms with Gasteiger partial charge in [0.1, 0.15) is 11.6 Å². The van der Waals surface area contributed by atoms with Gasteiger partial charge in [-0.1, -0.05) is 26.0 Å². The lowest BCUT2D eigenvalue weighted by Crippen LogP contribution is -2.25. The van der Waals surface area contributed by atoms with Gasteiger partial charge in [0.25, 0.3) is 0 Å². The fourth-order valence-corrected chi connectivity index (χ4v) is 4.87. The number of rotatable bonds is 12. The molecule has 0 spiro atoms. The highest BCUT2D eigenvalue weighted by Gasteiger charge is 2.17. The molecule has 0 aliphatic carbocycles. The second-order valence-corrected chi connectivity index (χ2v) is 10.2. The van der Waals surface area contributed by atoms with Crippen molar-refractivity contribution in [1.29, 1.82) is 0 Å². The van der Waals surface area contributed by atoms with Gasteiger partial charge in [-0.2, -0.15) is 0 Å². The minimum atomic E-state index is 0.112. The minimum absolute atomic E-state index is 0.112. The zero-order valence-corrected chi connectivity index (χ0v) is 23.1. The molecule has 0 radical (unpaired) electrons. The fourth-order valence-electron chi connectivity index (χ4n) is 4.87. The SMILES string of the molecule is COCCn1c(-c2ccc3c(c2)nc(NCCCCNC(=O)CC(C)C)c2nnc(C)n23)nc2ccccc21. The van der Waals surface area contributed by atoms with Gasteiger partial charge in [0.2, 0.25) is 11.6 Å². The molecule has 39 heavy (non-hydrogen) atoms. The topological polar surface area (TPSA) is 111 Å². The van der Waals surface area contributed by atoms with Crippen molar-refractivity contribution in [2.75, 3.05) is 32.1 Å². The van der Waals surface area contributed by atoms with Gasteiger partial charge in [0.05, 0.1) is 28.7 Å². The first-order valence-electron chi connectivity index (χ1n) is 13.6. The van der Waals surface area contributed by atoms with E-state index in [9.17, 15) is 4.79 Å². The molecule has 1 amide bonds. The van der Waals surface area contributed by atoms with Gasteiger partial charge in [-0.25, -0.2) is 9.97 Å². The summed E-state index contributed by atoms with van der Waals surface area (Å²) in [6.45, 7) is 8.72. The van der Waals surface area contributed by atoms with Crippen molar-refractivity contribution in [2.24, 2.45) is 5.92 Å². The van der Waals surface area contributed by atoms with E-state index >= 15 is 0 Å². The first-order valence-corrected chi connectivity index (χ1v) is 13.6. The van der Waals surface area contributed by atoms with Crippen LogP contribution in [0.25, 0.3) is 39.1 Å². The van der Waals surface area contributed by atoms with E-state index in [-0.39, 0.29) is 5.91 Å². The maximum Gasteiger partial charge on any atom is 0.220 e. The van der Waals surface area contributed by atoms with Crippen LogP contribution in [0.15, 0.2) is 42.5 Å². The molecule has 10 nitrogen and oxygen atoms in total. The Bertz CT molecular complexity index is 1600. The number of fused-ring (bicyclic) bond motifs is 4. The molecule has 2 aromatic carbocycles. The van der Waals surface area contributed by atoms with Crippen LogP contribution in [0, 0.1) is 12.8 Å². The van der Waals surface area contributed by atoms with E-state index in [0.717, 1.165) is 52.1 Å². The smallest absolute Gasteiger partial charge is 0.220 e. The third-order valence-corrected chi connectivity index (χ3v) is 6.73. The summed E-state index contributed by atoms with van der Waals surface area (Å²) < 4.78 is 9.61. The predicted octanol–water partition coefficient (Wildman–Crippen LogP) is 4.60. The van der Waals surface area contributed by atoms with Gasteiger partial charge < -0.3 is 19.9 Å². The summed E-state index contributed by atoms with van der Waals surface area (Å²) in [6, 6.07) is 14.4. The summed E-state index contributed by atoms with van der Waals surface area (Å²) in [5.41, 5.74) is 5.47. The average molecular weight is 529 g/mol. The molecule has 0 fully saturated rings. The molecule has 0 unspecified atom stereocenters. The number of anilines is 1. The summed E-state index contributed by atoms with van der Waals surface area (Å²) in [7, 11) is 1.71. The lowest BCUT2D eigenvalue weighted by atomic mass is 10.1. The maximum atomic E-state index is 11.9. The van der Waals surface area contributed by atoms with Gasteiger partial charge in [0, 0.05) is 38.7 Å². The van der Waals surface area contributed by atoms with Crippen LogP contribution in [0.4, 0.5) is 5.82 Å². The second-order valence-electron chi connectivity index (χ2n) is 10.2. The van der Waals surface area contributed by atoms with Crippen LogP contribution < -0.4 is 10.6 Å². The van der Waals surface area contributed by atoms with E-state index < -0.39 is 0 Å².